The lowest BCUT2D eigenvalue weighted by Gasteiger charge is -2.38. The quantitative estimate of drug-likeness (QED) is 0.0897. The fraction of sp³-hybridized carbons (Fsp3) is 1.00. The minimum atomic E-state index is -2.20. The van der Waals surface area contributed by atoms with Crippen molar-refractivity contribution in [3.63, 3.8) is 0 Å². The Morgan fingerprint density at radius 2 is 0.667 bits per heavy atom. The van der Waals surface area contributed by atoms with Gasteiger partial charge in [0.25, 0.3) is 0 Å². The monoisotopic (exact) mass is 656 g/mol. The zero-order chi connectivity index (χ0) is 30.8. The van der Waals surface area contributed by atoms with Crippen LogP contribution >= 0.6 is 0 Å². The summed E-state index contributed by atoms with van der Waals surface area (Å²) in [5.41, 5.74) is -0.380. The van der Waals surface area contributed by atoms with E-state index in [4.69, 9.17) is 16.5 Å². The average molecular weight is 657 g/mol. The minimum Gasteiger partial charge on any atom is -0.437 e. The van der Waals surface area contributed by atoms with Gasteiger partial charge in [-0.15, -0.1) is 0 Å². The Labute approximate surface area is 250 Å². The zero-order valence-electron chi connectivity index (χ0n) is 28.5. The van der Waals surface area contributed by atoms with Gasteiger partial charge in [-0.2, -0.15) is 0 Å². The summed E-state index contributed by atoms with van der Waals surface area (Å²) < 4.78 is 26.6. The topological polar surface area (TPSA) is 77.4 Å². The molecule has 0 rings (SSSR count). The van der Waals surface area contributed by atoms with E-state index >= 15 is 0 Å². The first-order valence-electron chi connectivity index (χ1n) is 15.4. The molecular formula is C27H68O6Si6. The van der Waals surface area contributed by atoms with Gasteiger partial charge in [-0.3, -0.25) is 0 Å². The van der Waals surface area contributed by atoms with Crippen molar-refractivity contribution in [1.29, 1.82) is 0 Å². The lowest BCUT2D eigenvalue weighted by atomic mass is 9.79. The first kappa shape index (κ1) is 40.1. The number of hydrogen-bond acceptors (Lipinski definition) is 6. The van der Waals surface area contributed by atoms with E-state index in [1.165, 1.54) is 0 Å². The Kier molecular flexibility index (Phi) is 16.7. The van der Waals surface area contributed by atoms with Crippen LogP contribution in [0.5, 0.6) is 0 Å². The van der Waals surface area contributed by atoms with Gasteiger partial charge in [0.2, 0.25) is 0 Å². The number of hydrogen-bond donors (Lipinski definition) is 2. The molecule has 0 amide bonds. The maximum Gasteiger partial charge on any atom is 0.314 e. The van der Waals surface area contributed by atoms with Crippen molar-refractivity contribution in [2.24, 2.45) is 5.41 Å². The smallest absolute Gasteiger partial charge is 0.314 e. The average Bonchev–Trinajstić information content (AvgIpc) is 2.66. The standard InChI is InChI=1S/C27H68O6Si6/c1-34(2,3)30-38(13,31-35(4,5)6)23-19-15-17-21-27(25-28,26-29)22-18-16-20-24-39(14,32-36(7,8)9)33-37(10,11)12/h28-29H,15-26H2,1-14H3. The summed E-state index contributed by atoms with van der Waals surface area (Å²) in [7, 11) is -11.1. The highest BCUT2D eigenvalue weighted by Gasteiger charge is 2.41. The second-order valence-electron chi connectivity index (χ2n) is 16.1. The first-order valence-corrected chi connectivity index (χ1v) is 34.1. The van der Waals surface area contributed by atoms with Crippen molar-refractivity contribution < 1.29 is 26.7 Å². The van der Waals surface area contributed by atoms with Crippen molar-refractivity contribution >= 4 is 50.4 Å². The van der Waals surface area contributed by atoms with E-state index in [2.05, 4.69) is 91.7 Å². The molecule has 0 aromatic rings. The molecule has 2 N–H and O–H groups in total. The molecular weight excluding hydrogens is 589 g/mol. The van der Waals surface area contributed by atoms with Gasteiger partial charge in [0.05, 0.1) is 13.2 Å². The van der Waals surface area contributed by atoms with Gasteiger partial charge in [0.1, 0.15) is 0 Å². The van der Waals surface area contributed by atoms with Crippen LogP contribution in [0, 0.1) is 5.41 Å². The summed E-state index contributed by atoms with van der Waals surface area (Å²) in [5.74, 6) is 0. The molecule has 0 fully saturated rings. The molecule has 6 nitrogen and oxygen atoms in total. The second-order valence-corrected chi connectivity index (χ2v) is 41.8. The molecule has 0 spiro atoms. The fourth-order valence-electron chi connectivity index (χ4n) is 5.57. The third-order valence-electron chi connectivity index (χ3n) is 6.44. The number of unbranched alkanes of at least 4 members (excludes halogenated alkanes) is 4. The SMILES string of the molecule is C[Si](C)(C)O[Si](C)(CCCCCC(CO)(CO)CCCCC[Si](C)(O[Si](C)(C)C)O[Si](C)(C)C)O[Si](C)(C)C. The Morgan fingerprint density at radius 3 is 0.872 bits per heavy atom. The number of aliphatic hydroxyl groups is 2. The van der Waals surface area contributed by atoms with Gasteiger partial charge >= 0.3 is 17.1 Å². The van der Waals surface area contributed by atoms with Crippen LogP contribution in [-0.2, 0) is 16.5 Å². The predicted molar refractivity (Wildman–Crippen MR) is 184 cm³/mol. The Morgan fingerprint density at radius 1 is 0.410 bits per heavy atom. The van der Waals surface area contributed by atoms with Crippen molar-refractivity contribution in [3.05, 3.63) is 0 Å². The Hall–Kier alpha value is 1.06. The highest BCUT2D eigenvalue weighted by molar-refractivity contribution is 6.88. The Balaban J connectivity index is 4.82. The molecule has 0 saturated heterocycles. The molecule has 0 aromatic heterocycles. The van der Waals surface area contributed by atoms with Crippen LogP contribution in [0.15, 0.2) is 0 Å². The van der Waals surface area contributed by atoms with Crippen molar-refractivity contribution in [2.45, 2.75) is 155 Å². The third kappa shape index (κ3) is 20.6. The van der Waals surface area contributed by atoms with Crippen LogP contribution in [0.3, 0.4) is 0 Å². The van der Waals surface area contributed by atoms with Crippen molar-refractivity contribution in [3.8, 4) is 0 Å². The van der Waals surface area contributed by atoms with E-state index in [1.54, 1.807) is 0 Å². The molecule has 0 saturated carbocycles. The maximum absolute atomic E-state index is 10.3. The van der Waals surface area contributed by atoms with Crippen LogP contribution in [0.1, 0.15) is 51.4 Å². The molecule has 0 bridgehead atoms. The van der Waals surface area contributed by atoms with Gasteiger partial charge in [-0.05, 0) is 117 Å². The van der Waals surface area contributed by atoms with Crippen LogP contribution in [0.2, 0.25) is 104 Å². The van der Waals surface area contributed by atoms with E-state index < -0.39 is 50.4 Å². The molecule has 0 aliphatic carbocycles. The van der Waals surface area contributed by atoms with E-state index in [9.17, 15) is 10.2 Å². The predicted octanol–water partition coefficient (Wildman–Crippen LogP) is 8.63. The molecule has 0 radical (unpaired) electrons. The van der Waals surface area contributed by atoms with Gasteiger partial charge in [-0.25, -0.2) is 0 Å². The minimum absolute atomic E-state index is 0.0529. The van der Waals surface area contributed by atoms with Gasteiger partial charge < -0.3 is 26.7 Å². The lowest BCUT2D eigenvalue weighted by molar-refractivity contribution is 0.0354. The maximum atomic E-state index is 10.3. The van der Waals surface area contributed by atoms with Crippen LogP contribution in [0.4, 0.5) is 0 Å². The van der Waals surface area contributed by atoms with Crippen molar-refractivity contribution in [1.82, 2.24) is 0 Å². The summed E-state index contributed by atoms with van der Waals surface area (Å²) in [4.78, 5) is 0. The largest absolute Gasteiger partial charge is 0.437 e. The normalized spacial score (nSPS) is 14.8. The summed E-state index contributed by atoms with van der Waals surface area (Å²) in [6.45, 7) is 31.7. The second kappa shape index (κ2) is 16.2. The molecule has 39 heavy (non-hydrogen) atoms. The summed E-state index contributed by atoms with van der Waals surface area (Å²) in [5, 5.41) is 20.5. The van der Waals surface area contributed by atoms with E-state index in [0.29, 0.717) is 0 Å². The number of rotatable bonds is 22. The van der Waals surface area contributed by atoms with E-state index in [0.717, 1.165) is 63.5 Å². The fourth-order valence-corrected chi connectivity index (χ4v) is 30.8. The zero-order valence-corrected chi connectivity index (χ0v) is 34.5. The molecule has 0 unspecified atom stereocenters. The summed E-state index contributed by atoms with van der Waals surface area (Å²) in [6.07, 6.45) is 8.11. The summed E-state index contributed by atoms with van der Waals surface area (Å²) in [6, 6.07) is 2.04. The van der Waals surface area contributed by atoms with Gasteiger partial charge in [0.15, 0.2) is 33.3 Å². The number of aliphatic hydroxyl groups excluding tert-OH is 2. The molecule has 0 aliphatic rings. The highest BCUT2D eigenvalue weighted by Crippen LogP contribution is 2.33. The molecule has 0 aliphatic heterocycles. The van der Waals surface area contributed by atoms with E-state index in [1.807, 2.05) is 0 Å². The molecule has 236 valence electrons. The first-order chi connectivity index (χ1) is 17.4. The highest BCUT2D eigenvalue weighted by atomic mass is 28.5. The molecule has 0 heterocycles. The van der Waals surface area contributed by atoms with Crippen LogP contribution < -0.4 is 0 Å². The van der Waals surface area contributed by atoms with E-state index in [-0.39, 0.29) is 18.6 Å². The molecule has 12 heteroatoms. The summed E-state index contributed by atoms with van der Waals surface area (Å²) >= 11 is 0. The van der Waals surface area contributed by atoms with Gasteiger partial charge in [0, 0.05) is 5.41 Å². The molecule has 0 aromatic carbocycles. The third-order valence-corrected chi connectivity index (χ3v) is 25.7. The lowest BCUT2D eigenvalue weighted by Crippen LogP contribution is -2.52. The van der Waals surface area contributed by atoms with Gasteiger partial charge in [-0.1, -0.05) is 38.5 Å². The van der Waals surface area contributed by atoms with Crippen molar-refractivity contribution in [2.75, 3.05) is 13.2 Å². The molecule has 0 atom stereocenters. The van der Waals surface area contributed by atoms with Crippen LogP contribution in [-0.4, -0.2) is 73.8 Å². The van der Waals surface area contributed by atoms with Crippen LogP contribution in [0.25, 0.3) is 0 Å². The Bertz CT molecular complexity index is 592.